The molecule has 1 aliphatic carbocycles. The van der Waals surface area contributed by atoms with Gasteiger partial charge < -0.3 is 15.1 Å². The summed E-state index contributed by atoms with van der Waals surface area (Å²) in [4.78, 5) is 12.3. The van der Waals surface area contributed by atoms with Gasteiger partial charge in [0.25, 0.3) is 0 Å². The molecule has 28 heavy (non-hydrogen) atoms. The Morgan fingerprint density at radius 3 is 2.75 bits per heavy atom. The summed E-state index contributed by atoms with van der Waals surface area (Å²) in [6.07, 6.45) is -3.33. The fourth-order valence-corrected chi connectivity index (χ4v) is 3.04. The molecule has 1 aliphatic heterocycles. The zero-order chi connectivity index (χ0) is 36.0. The summed E-state index contributed by atoms with van der Waals surface area (Å²) in [5.74, 6) is -1.26. The second-order valence-corrected chi connectivity index (χ2v) is 6.97. The van der Waals surface area contributed by atoms with Gasteiger partial charge in [-0.25, -0.2) is 4.79 Å². The van der Waals surface area contributed by atoms with Crippen molar-refractivity contribution in [2.24, 2.45) is 5.92 Å². The number of amides is 2. The Morgan fingerprint density at radius 1 is 1.36 bits per heavy atom. The van der Waals surface area contributed by atoms with E-state index in [4.69, 9.17) is 36.3 Å². The first-order valence-corrected chi connectivity index (χ1v) is 9.22. The van der Waals surface area contributed by atoms with E-state index in [1.54, 1.807) is 0 Å². The number of hydrogen-bond acceptors (Lipinski definition) is 3. The second kappa shape index (κ2) is 9.84. The molecule has 6 heteroatoms. The van der Waals surface area contributed by atoms with E-state index in [0.29, 0.717) is 4.90 Å². The predicted molar refractivity (Wildman–Crippen MR) is 117 cm³/mol. The maximum Gasteiger partial charge on any atom is 0.317 e. The van der Waals surface area contributed by atoms with Gasteiger partial charge in [-0.1, -0.05) is 23.7 Å². The first-order valence-electron chi connectivity index (χ1n) is 17.8. The van der Waals surface area contributed by atoms with Gasteiger partial charge in [-0.05, 0) is 63.0 Å². The van der Waals surface area contributed by atoms with E-state index in [0.717, 1.165) is 7.05 Å². The Kier molecular flexibility index (Phi) is 2.81. The summed E-state index contributed by atoms with van der Waals surface area (Å²) < 4.78 is 151. The Balaban J connectivity index is 2.04. The quantitative estimate of drug-likeness (QED) is 0.776. The molecule has 156 valence electrons. The van der Waals surface area contributed by atoms with Gasteiger partial charge >= 0.3 is 6.03 Å². The number of nitrogens with one attached hydrogen (secondary N) is 1. The van der Waals surface area contributed by atoms with E-state index in [-0.39, 0.29) is 36.1 Å². The van der Waals surface area contributed by atoms with Crippen LogP contribution in [0.3, 0.4) is 0 Å². The third-order valence-electron chi connectivity index (χ3n) is 4.48. The summed E-state index contributed by atoms with van der Waals surface area (Å²) in [6, 6.07) is -3.90. The van der Waals surface area contributed by atoms with E-state index < -0.39 is 97.6 Å². The highest BCUT2D eigenvalue weighted by Gasteiger charge is 2.24. The van der Waals surface area contributed by atoms with E-state index in [1.165, 1.54) is 6.92 Å². The average molecular weight is 425 g/mol. The molecule has 1 aromatic rings. The Hall–Kier alpha value is -1.46. The number of carbonyl (C=O) groups is 1. The number of urea groups is 1. The Labute approximate surface area is 200 Å². The molecule has 1 aromatic carbocycles. The van der Waals surface area contributed by atoms with Crippen molar-refractivity contribution in [3.63, 3.8) is 0 Å². The van der Waals surface area contributed by atoms with Gasteiger partial charge in [-0.15, -0.1) is 0 Å². The monoisotopic (exact) mass is 424 g/mol. The van der Waals surface area contributed by atoms with Crippen LogP contribution in [0.4, 0.5) is 10.5 Å². The molecule has 2 fully saturated rings. The SMILES string of the molecule is [2H]c1c([2H])c(C)c(Cl)c(N2C([2H])([2H])C([2H])([2H])N(C([2H])([2H])C([2H])([2H])[C@H]3CC[C@H](NC(=O)N(C)C([2H])([2H])[2H])CC3)C([2H])([2H])C2([2H])[2H])c1[2H]. The topological polar surface area (TPSA) is 38.8 Å². The molecular weight excluding hydrogens is 372 g/mol. The maximum atomic E-state index is 12.3. The lowest BCUT2D eigenvalue weighted by Gasteiger charge is -2.37. The fourth-order valence-electron chi connectivity index (χ4n) is 2.86. The summed E-state index contributed by atoms with van der Waals surface area (Å²) in [7, 11) is 1.07. The number of anilines is 1. The summed E-state index contributed by atoms with van der Waals surface area (Å²) >= 11 is 6.29. The lowest BCUT2D eigenvalue weighted by atomic mass is 9.84. The fraction of sp³-hybridized carbons (Fsp3) is 0.682. The van der Waals surface area contributed by atoms with Gasteiger partial charge in [0.1, 0.15) is 0 Å². The molecule has 1 saturated carbocycles. The highest BCUT2D eigenvalue weighted by atomic mass is 35.5. The molecule has 5 nitrogen and oxygen atoms in total. The zero-order valence-corrected chi connectivity index (χ0v) is 16.4. The molecule has 0 bridgehead atoms. The van der Waals surface area contributed by atoms with Crippen molar-refractivity contribution in [2.75, 3.05) is 51.4 Å². The van der Waals surface area contributed by atoms with Crippen LogP contribution in [0.2, 0.25) is 5.02 Å². The molecule has 0 unspecified atom stereocenters. The minimum absolute atomic E-state index is 0.0433. The van der Waals surface area contributed by atoms with Gasteiger partial charge in [-0.3, -0.25) is 4.90 Å². The first-order chi connectivity index (χ1) is 20.4. The number of halogens is 1. The first kappa shape index (κ1) is 7.99. The van der Waals surface area contributed by atoms with Crippen molar-refractivity contribution in [3.8, 4) is 0 Å². The van der Waals surface area contributed by atoms with Crippen LogP contribution in [0.5, 0.6) is 0 Å². The van der Waals surface area contributed by atoms with Gasteiger partial charge in [0.2, 0.25) is 0 Å². The van der Waals surface area contributed by atoms with Gasteiger partial charge in [-0.2, -0.15) is 0 Å². The van der Waals surface area contributed by atoms with Crippen molar-refractivity contribution < 1.29 is 29.5 Å². The third-order valence-corrected chi connectivity index (χ3v) is 4.94. The number of nitrogens with zero attached hydrogens (tertiary/aromatic N) is 3. The predicted octanol–water partition coefficient (Wildman–Crippen LogP) is 3.99. The van der Waals surface area contributed by atoms with Crippen LogP contribution in [0, 0.1) is 12.8 Å². The lowest BCUT2D eigenvalue weighted by molar-refractivity contribution is 0.194. The largest absolute Gasteiger partial charge is 0.368 e. The van der Waals surface area contributed by atoms with E-state index >= 15 is 0 Å². The van der Waals surface area contributed by atoms with E-state index in [2.05, 4.69) is 5.32 Å². The minimum Gasteiger partial charge on any atom is -0.368 e. The molecule has 1 heterocycles. The summed E-state index contributed by atoms with van der Waals surface area (Å²) in [5.41, 5.74) is -1.13. The van der Waals surface area contributed by atoms with Crippen LogP contribution in [0.25, 0.3) is 0 Å². The standard InChI is InChI=1S/C22H35ClN4O/c1-17-5-4-6-20(21(17)23)27-15-13-26(14-16-27)12-11-18-7-9-19(10-8-18)24-22(28)25(2)3/h4-6,18-19H,7-16H2,1-3H3,(H,24,28)/t18-,19-/i2D3,4D,5D,6D,11D2,12D2,13D2,14D2,15D2,16D2. The molecule has 0 radical (unpaired) electrons. The Bertz CT molecular complexity index is 1300. The minimum atomic E-state index is -3.87. The lowest BCUT2D eigenvalue weighted by Crippen LogP contribution is -2.47. The molecule has 2 amide bonds. The number of rotatable bonds is 5. The van der Waals surface area contributed by atoms with Crippen molar-refractivity contribution in [3.05, 3.63) is 28.7 Å². The van der Waals surface area contributed by atoms with Crippen molar-refractivity contribution in [1.29, 1.82) is 0 Å². The van der Waals surface area contributed by atoms with Crippen molar-refractivity contribution in [2.45, 2.75) is 45.0 Å². The van der Waals surface area contributed by atoms with Gasteiger partial charge in [0.05, 0.1) is 20.3 Å². The normalized spacial score (nSPS) is 41.6. The number of piperazine rings is 1. The smallest absolute Gasteiger partial charge is 0.317 e. The summed E-state index contributed by atoms with van der Waals surface area (Å²) in [5, 5.41) is 1.89. The van der Waals surface area contributed by atoms with Crippen molar-refractivity contribution >= 4 is 23.3 Å². The number of benzene rings is 1. The molecule has 0 aromatic heterocycles. The zero-order valence-electron chi connectivity index (χ0n) is 33.6. The highest BCUT2D eigenvalue weighted by molar-refractivity contribution is 6.34. The molecular formula is C22H35ClN4O. The van der Waals surface area contributed by atoms with Crippen molar-refractivity contribution in [1.82, 2.24) is 15.1 Å². The van der Waals surface area contributed by atoms with E-state index in [1.807, 2.05) is 0 Å². The van der Waals surface area contributed by atoms with E-state index in [9.17, 15) is 4.79 Å². The average Bonchev–Trinajstić information content (AvgIpc) is 2.90. The molecule has 2 aliphatic rings. The second-order valence-electron chi connectivity index (χ2n) is 6.59. The van der Waals surface area contributed by atoms with Gasteiger partial charge in [0, 0.05) is 61.1 Å². The number of carbonyl (C=O) groups excluding carboxylic acids is 1. The Morgan fingerprint density at radius 2 is 2.07 bits per heavy atom. The van der Waals surface area contributed by atoms with Crippen LogP contribution in [-0.2, 0) is 0 Å². The van der Waals surface area contributed by atoms with Crippen LogP contribution < -0.4 is 10.2 Å². The van der Waals surface area contributed by atoms with Crippen LogP contribution in [0.15, 0.2) is 18.1 Å². The molecule has 0 atom stereocenters. The van der Waals surface area contributed by atoms with Crippen LogP contribution >= 0.6 is 11.6 Å². The third kappa shape index (κ3) is 5.54. The molecule has 1 saturated heterocycles. The number of hydrogen-bond donors (Lipinski definition) is 1. The molecule has 0 spiro atoms. The highest BCUT2D eigenvalue weighted by Crippen LogP contribution is 2.30. The van der Waals surface area contributed by atoms with Gasteiger partial charge in [0.15, 0.2) is 0 Å². The van der Waals surface area contributed by atoms with Crippen LogP contribution in [-0.4, -0.2) is 68.4 Å². The molecule has 1 N–H and O–H groups in total. The molecule has 3 rings (SSSR count). The maximum absolute atomic E-state index is 12.3. The summed E-state index contributed by atoms with van der Waals surface area (Å²) in [6.45, 7) is -20.5. The van der Waals surface area contributed by atoms with Crippen LogP contribution in [0.1, 0.15) is 62.3 Å².